The molecule has 0 spiro atoms. The van der Waals surface area contributed by atoms with Gasteiger partial charge in [0.15, 0.2) is 0 Å². The maximum Gasteiger partial charge on any atom is 0.219 e. The Balaban J connectivity index is 0. The summed E-state index contributed by atoms with van der Waals surface area (Å²) in [5.74, 6) is 0.0911. The van der Waals surface area contributed by atoms with Gasteiger partial charge in [-0.2, -0.15) is 0 Å². The van der Waals surface area contributed by atoms with Crippen LogP contribution in [-0.4, -0.2) is 18.4 Å². The van der Waals surface area contributed by atoms with E-state index in [4.69, 9.17) is 5.73 Å². The predicted molar refractivity (Wildman–Crippen MR) is 201 cm³/mol. The molecule has 0 saturated carbocycles. The zero-order valence-electron chi connectivity index (χ0n) is 31.1. The third-order valence-electron chi connectivity index (χ3n) is 8.79. The molecule has 0 aromatic carbocycles. The van der Waals surface area contributed by atoms with Crippen LogP contribution in [0.25, 0.3) is 0 Å². The molecule has 0 atom stereocenters. The number of hydrogen-bond donors (Lipinski definition) is 2. The van der Waals surface area contributed by atoms with Gasteiger partial charge in [0, 0.05) is 19.4 Å². The van der Waals surface area contributed by atoms with E-state index in [1.807, 2.05) is 0 Å². The number of unbranched alkanes of at least 4 members (excludes halogenated alkanes) is 27. The fourth-order valence-corrected chi connectivity index (χ4v) is 5.72. The van der Waals surface area contributed by atoms with Gasteiger partial charge in [-0.05, 0) is 44.9 Å². The number of carbonyl (C=O) groups is 2. The Morgan fingerprint density at radius 3 is 1.11 bits per heavy atom. The Morgan fingerprint density at radius 1 is 0.422 bits per heavy atom. The molecule has 0 aliphatic rings. The van der Waals surface area contributed by atoms with Crippen molar-refractivity contribution in [3.63, 3.8) is 0 Å². The quantitative estimate of drug-likeness (QED) is 0.0538. The summed E-state index contributed by atoms with van der Waals surface area (Å²) in [5.41, 5.74) is 5.10. The standard InChI is InChI=1S/C23H47NO.C18H35NO/c1-3-5-7-8-9-10-11-12-13-14-15-16-17-18-19-21-23(25)24-22-20-6-4-2;1-2-3-4-5-6-7-8-9-10-11-12-13-14-15-16-17-18(19)20/h3-22H2,1-2H3,(H,24,25);9-10H,2-8,11-17H2,1H3,(H2,19,20)/b;10-9-. The van der Waals surface area contributed by atoms with Crippen LogP contribution in [0.2, 0.25) is 0 Å². The molecule has 0 saturated heterocycles. The summed E-state index contributed by atoms with van der Waals surface area (Å²) < 4.78 is 0. The van der Waals surface area contributed by atoms with E-state index in [0.29, 0.717) is 6.42 Å². The minimum atomic E-state index is -0.164. The maximum absolute atomic E-state index is 11.6. The largest absolute Gasteiger partial charge is 0.370 e. The SMILES string of the molecule is CCCCCCCC/C=C\CCCCCCCC(N)=O.CCCCCCCCCCCCCCCCCC(=O)NCCCCC. The number of carbonyl (C=O) groups excluding carboxylic acids is 2. The monoisotopic (exact) mass is 635 g/mol. The zero-order valence-corrected chi connectivity index (χ0v) is 31.1. The van der Waals surface area contributed by atoms with Crippen LogP contribution < -0.4 is 11.1 Å². The molecule has 3 N–H and O–H groups in total. The van der Waals surface area contributed by atoms with Crippen molar-refractivity contribution in [2.75, 3.05) is 6.54 Å². The second-order valence-electron chi connectivity index (χ2n) is 13.6. The molecule has 0 heterocycles. The number of nitrogens with one attached hydrogen (secondary N) is 1. The normalized spacial score (nSPS) is 11.1. The smallest absolute Gasteiger partial charge is 0.219 e. The number of primary amides is 1. The molecule has 268 valence electrons. The number of nitrogens with two attached hydrogens (primary N) is 1. The first-order valence-corrected chi connectivity index (χ1v) is 20.3. The van der Waals surface area contributed by atoms with Crippen LogP contribution in [0.3, 0.4) is 0 Å². The topological polar surface area (TPSA) is 72.2 Å². The lowest BCUT2D eigenvalue weighted by Gasteiger charge is -2.05. The van der Waals surface area contributed by atoms with E-state index in [0.717, 1.165) is 38.6 Å². The number of hydrogen-bond acceptors (Lipinski definition) is 2. The summed E-state index contributed by atoms with van der Waals surface area (Å²) >= 11 is 0. The van der Waals surface area contributed by atoms with Crippen LogP contribution in [0.15, 0.2) is 12.2 Å². The summed E-state index contributed by atoms with van der Waals surface area (Å²) in [7, 11) is 0. The van der Waals surface area contributed by atoms with Gasteiger partial charge in [-0.1, -0.05) is 187 Å². The van der Waals surface area contributed by atoms with E-state index in [9.17, 15) is 9.59 Å². The lowest BCUT2D eigenvalue weighted by molar-refractivity contribution is -0.121. The van der Waals surface area contributed by atoms with E-state index >= 15 is 0 Å². The van der Waals surface area contributed by atoms with Crippen LogP contribution in [0, 0.1) is 0 Å². The van der Waals surface area contributed by atoms with E-state index < -0.39 is 0 Å². The van der Waals surface area contributed by atoms with Gasteiger partial charge in [0.05, 0.1) is 0 Å². The van der Waals surface area contributed by atoms with Gasteiger partial charge in [0.25, 0.3) is 0 Å². The van der Waals surface area contributed by atoms with E-state index in [-0.39, 0.29) is 11.8 Å². The Bertz CT molecular complexity index is 604. The highest BCUT2D eigenvalue weighted by Crippen LogP contribution is 2.14. The average molecular weight is 635 g/mol. The summed E-state index contributed by atoms with van der Waals surface area (Å²) in [4.78, 5) is 22.2. The fraction of sp³-hybridized carbons (Fsp3) is 0.902. The summed E-state index contributed by atoms with van der Waals surface area (Å²) in [6, 6.07) is 0. The Hall–Kier alpha value is -1.32. The minimum Gasteiger partial charge on any atom is -0.370 e. The third kappa shape index (κ3) is 47.2. The first-order valence-electron chi connectivity index (χ1n) is 20.3. The lowest BCUT2D eigenvalue weighted by Crippen LogP contribution is -2.23. The highest BCUT2D eigenvalue weighted by atomic mass is 16.1. The van der Waals surface area contributed by atoms with Crippen LogP contribution in [0.1, 0.15) is 233 Å². The highest BCUT2D eigenvalue weighted by molar-refractivity contribution is 5.75. The van der Waals surface area contributed by atoms with Crippen molar-refractivity contribution < 1.29 is 9.59 Å². The molecule has 0 rings (SSSR count). The Kier molecular flexibility index (Phi) is 43.4. The molecule has 0 bridgehead atoms. The van der Waals surface area contributed by atoms with Crippen molar-refractivity contribution in [1.29, 1.82) is 0 Å². The molecule has 0 aliphatic heterocycles. The summed E-state index contributed by atoms with van der Waals surface area (Å²) in [6.07, 6.45) is 46.8. The number of rotatable bonds is 35. The van der Waals surface area contributed by atoms with Crippen LogP contribution in [-0.2, 0) is 9.59 Å². The number of amides is 2. The van der Waals surface area contributed by atoms with Gasteiger partial charge in [-0.3, -0.25) is 9.59 Å². The van der Waals surface area contributed by atoms with E-state index in [2.05, 4.69) is 38.2 Å². The molecule has 0 aromatic heterocycles. The molecule has 0 unspecified atom stereocenters. The molecule has 4 nitrogen and oxygen atoms in total. The zero-order chi connectivity index (χ0) is 33.3. The second-order valence-corrected chi connectivity index (χ2v) is 13.6. The molecule has 0 radical (unpaired) electrons. The first-order chi connectivity index (χ1) is 22.1. The molecular weight excluding hydrogens is 552 g/mol. The fourth-order valence-electron chi connectivity index (χ4n) is 5.72. The van der Waals surface area contributed by atoms with E-state index in [1.54, 1.807) is 0 Å². The van der Waals surface area contributed by atoms with Crippen molar-refractivity contribution >= 4 is 11.8 Å². The molecule has 0 aromatic rings. The molecule has 0 aliphatic carbocycles. The highest BCUT2D eigenvalue weighted by Gasteiger charge is 2.00. The van der Waals surface area contributed by atoms with Crippen LogP contribution in [0.5, 0.6) is 0 Å². The maximum atomic E-state index is 11.6. The van der Waals surface area contributed by atoms with Gasteiger partial charge in [-0.25, -0.2) is 0 Å². The van der Waals surface area contributed by atoms with Crippen molar-refractivity contribution in [2.24, 2.45) is 5.73 Å². The minimum absolute atomic E-state index is 0.164. The van der Waals surface area contributed by atoms with Crippen molar-refractivity contribution in [3.05, 3.63) is 12.2 Å². The van der Waals surface area contributed by atoms with Crippen molar-refractivity contribution in [2.45, 2.75) is 233 Å². The molecular formula is C41H82N2O2. The molecule has 0 fully saturated rings. The Morgan fingerprint density at radius 2 is 0.733 bits per heavy atom. The van der Waals surface area contributed by atoms with Crippen molar-refractivity contribution in [1.82, 2.24) is 5.32 Å². The van der Waals surface area contributed by atoms with Gasteiger partial charge >= 0.3 is 0 Å². The van der Waals surface area contributed by atoms with Crippen molar-refractivity contribution in [3.8, 4) is 0 Å². The van der Waals surface area contributed by atoms with Gasteiger partial charge in [0.1, 0.15) is 0 Å². The Labute approximate surface area is 283 Å². The molecule has 2 amide bonds. The van der Waals surface area contributed by atoms with Gasteiger partial charge in [-0.15, -0.1) is 0 Å². The molecule has 4 heteroatoms. The third-order valence-corrected chi connectivity index (χ3v) is 8.79. The predicted octanol–water partition coefficient (Wildman–Crippen LogP) is 13.1. The van der Waals surface area contributed by atoms with Crippen LogP contribution >= 0.6 is 0 Å². The summed E-state index contributed by atoms with van der Waals surface area (Å²) in [6.45, 7) is 7.61. The first kappa shape index (κ1) is 45.8. The van der Waals surface area contributed by atoms with Gasteiger partial charge < -0.3 is 11.1 Å². The number of allylic oxidation sites excluding steroid dienone is 2. The molecule has 45 heavy (non-hydrogen) atoms. The summed E-state index contributed by atoms with van der Waals surface area (Å²) in [5, 5.41) is 3.03. The average Bonchev–Trinajstić information content (AvgIpc) is 3.03. The lowest BCUT2D eigenvalue weighted by atomic mass is 10.0. The van der Waals surface area contributed by atoms with Gasteiger partial charge in [0.2, 0.25) is 11.8 Å². The second kappa shape index (κ2) is 42.7. The van der Waals surface area contributed by atoms with Crippen LogP contribution in [0.4, 0.5) is 0 Å². The van der Waals surface area contributed by atoms with E-state index in [1.165, 1.54) is 173 Å².